The largest absolute Gasteiger partial charge is 1.00 e. The van der Waals surface area contributed by atoms with Crippen LogP contribution in [0.4, 0.5) is 0 Å². The number of rotatable bonds is 0. The van der Waals surface area contributed by atoms with Crippen molar-refractivity contribution in [2.45, 2.75) is 71.9 Å². The van der Waals surface area contributed by atoms with Gasteiger partial charge in [-0.2, -0.15) is 0 Å². The van der Waals surface area contributed by atoms with Crippen LogP contribution >= 0.6 is 0 Å². The highest BCUT2D eigenvalue weighted by molar-refractivity contribution is 4.76. The van der Waals surface area contributed by atoms with Gasteiger partial charge in [-0.3, -0.25) is 0 Å². The third-order valence-electron chi connectivity index (χ3n) is 4.15. The van der Waals surface area contributed by atoms with Crippen molar-refractivity contribution in [2.24, 2.45) is 0 Å². The fourth-order valence-electron chi connectivity index (χ4n) is 3.40. The van der Waals surface area contributed by atoms with Gasteiger partial charge in [0.2, 0.25) is 0 Å². The minimum absolute atomic E-state index is 0. The van der Waals surface area contributed by atoms with Crippen molar-refractivity contribution in [2.75, 3.05) is 13.1 Å². The second-order valence-electron chi connectivity index (χ2n) is 6.82. The van der Waals surface area contributed by atoms with Gasteiger partial charge in [0.15, 0.2) is 0 Å². The Labute approximate surface area is 113 Å². The molecular formula is C13H28IN. The molecular weight excluding hydrogens is 297 g/mol. The quantitative estimate of drug-likeness (QED) is 0.452. The van der Waals surface area contributed by atoms with E-state index in [4.69, 9.17) is 0 Å². The van der Waals surface area contributed by atoms with Gasteiger partial charge < -0.3 is 28.5 Å². The molecule has 1 rings (SSSR count). The van der Waals surface area contributed by atoms with E-state index in [2.05, 4.69) is 41.5 Å². The number of likely N-dealkylation sites (tertiary alicyclic amines) is 1. The number of quaternary nitrogens is 1. The molecule has 0 aromatic rings. The molecule has 2 heteroatoms. The van der Waals surface area contributed by atoms with Crippen LogP contribution in [-0.2, 0) is 0 Å². The van der Waals surface area contributed by atoms with Crippen LogP contribution in [0.5, 0.6) is 0 Å². The summed E-state index contributed by atoms with van der Waals surface area (Å²) >= 11 is 0. The van der Waals surface area contributed by atoms with Crippen LogP contribution in [0.2, 0.25) is 0 Å². The Morgan fingerprint density at radius 1 is 0.667 bits per heavy atom. The van der Waals surface area contributed by atoms with E-state index in [1.807, 2.05) is 0 Å². The molecule has 1 aliphatic rings. The molecule has 0 unspecified atom stereocenters. The topological polar surface area (TPSA) is 0 Å². The summed E-state index contributed by atoms with van der Waals surface area (Å²) < 4.78 is 1.29. The zero-order chi connectivity index (χ0) is 11.0. The van der Waals surface area contributed by atoms with Gasteiger partial charge in [-0.1, -0.05) is 0 Å². The molecule has 0 radical (unpaired) electrons. The van der Waals surface area contributed by atoms with Crippen molar-refractivity contribution in [1.82, 2.24) is 0 Å². The van der Waals surface area contributed by atoms with E-state index in [1.165, 1.54) is 36.8 Å². The van der Waals surface area contributed by atoms with Crippen molar-refractivity contribution in [1.29, 1.82) is 0 Å². The zero-order valence-corrected chi connectivity index (χ0v) is 13.5. The highest BCUT2D eigenvalue weighted by Gasteiger charge is 2.49. The van der Waals surface area contributed by atoms with Crippen LogP contribution in [0.25, 0.3) is 0 Å². The Hall–Kier alpha value is 0.690. The molecule has 0 amide bonds. The molecule has 0 bridgehead atoms. The summed E-state index contributed by atoms with van der Waals surface area (Å²) in [4.78, 5) is 0. The van der Waals surface area contributed by atoms with E-state index < -0.39 is 0 Å². The number of nitrogens with zero attached hydrogens (tertiary/aromatic N) is 1. The summed E-state index contributed by atoms with van der Waals surface area (Å²) in [6.07, 6.45) is 4.26. The summed E-state index contributed by atoms with van der Waals surface area (Å²) in [6.45, 7) is 17.2. The van der Waals surface area contributed by atoms with Crippen LogP contribution in [-0.4, -0.2) is 28.7 Å². The van der Waals surface area contributed by atoms with Crippen molar-refractivity contribution >= 4 is 0 Å². The fourth-order valence-corrected chi connectivity index (χ4v) is 3.40. The standard InChI is InChI=1S/C13H28N.HI/c1-12(2,3)14(13(4,5)6)10-8-7-9-11-14;/h7-11H2,1-6H3;1H/q+1;/p-1. The SMILES string of the molecule is CC(C)(C)[N+]1(C(C)(C)C)CCCCC1.[I-]. The second-order valence-corrected chi connectivity index (χ2v) is 6.82. The monoisotopic (exact) mass is 325 g/mol. The third kappa shape index (κ3) is 2.87. The van der Waals surface area contributed by atoms with Crippen molar-refractivity contribution in [3.05, 3.63) is 0 Å². The first kappa shape index (κ1) is 15.7. The Bertz CT molecular complexity index is 176. The lowest BCUT2D eigenvalue weighted by atomic mass is 9.86. The molecule has 1 heterocycles. The fraction of sp³-hybridized carbons (Fsp3) is 1.00. The average Bonchev–Trinajstić information content (AvgIpc) is 2.02. The van der Waals surface area contributed by atoms with Gasteiger partial charge >= 0.3 is 0 Å². The number of piperidine rings is 1. The van der Waals surface area contributed by atoms with Gasteiger partial charge in [0.05, 0.1) is 24.2 Å². The molecule has 92 valence electrons. The predicted octanol–water partition coefficient (Wildman–Crippen LogP) is 0.588. The Morgan fingerprint density at radius 3 is 1.20 bits per heavy atom. The van der Waals surface area contributed by atoms with Crippen molar-refractivity contribution < 1.29 is 28.5 Å². The first-order valence-electron chi connectivity index (χ1n) is 6.08. The van der Waals surface area contributed by atoms with E-state index in [0.29, 0.717) is 11.1 Å². The summed E-state index contributed by atoms with van der Waals surface area (Å²) in [7, 11) is 0. The lowest BCUT2D eigenvalue weighted by molar-refractivity contribution is -1.01. The molecule has 0 atom stereocenters. The van der Waals surface area contributed by atoms with Gasteiger partial charge in [0, 0.05) is 0 Å². The average molecular weight is 325 g/mol. The summed E-state index contributed by atoms with van der Waals surface area (Å²) in [5, 5.41) is 0. The minimum Gasteiger partial charge on any atom is -1.00 e. The summed E-state index contributed by atoms with van der Waals surface area (Å²) in [5.74, 6) is 0. The van der Waals surface area contributed by atoms with E-state index in [0.717, 1.165) is 0 Å². The Balaban J connectivity index is 0.00000196. The van der Waals surface area contributed by atoms with E-state index in [9.17, 15) is 0 Å². The molecule has 1 saturated heterocycles. The zero-order valence-electron chi connectivity index (χ0n) is 11.4. The Morgan fingerprint density at radius 2 is 1.00 bits per heavy atom. The van der Waals surface area contributed by atoms with Gasteiger partial charge in [-0.15, -0.1) is 0 Å². The molecule has 0 aromatic heterocycles. The highest BCUT2D eigenvalue weighted by Crippen LogP contribution is 2.38. The summed E-state index contributed by atoms with van der Waals surface area (Å²) in [5.41, 5.74) is 0.775. The normalized spacial score (nSPS) is 22.0. The Kier molecular flexibility index (Phi) is 5.13. The first-order valence-corrected chi connectivity index (χ1v) is 6.08. The maximum absolute atomic E-state index is 2.41. The van der Waals surface area contributed by atoms with Crippen LogP contribution in [0.15, 0.2) is 0 Å². The number of hydrogen-bond donors (Lipinski definition) is 0. The lowest BCUT2D eigenvalue weighted by Crippen LogP contribution is -3.00. The summed E-state index contributed by atoms with van der Waals surface area (Å²) in [6, 6.07) is 0. The van der Waals surface area contributed by atoms with Gasteiger partial charge in [-0.25, -0.2) is 0 Å². The third-order valence-corrected chi connectivity index (χ3v) is 4.15. The highest BCUT2D eigenvalue weighted by atomic mass is 127. The van der Waals surface area contributed by atoms with Gasteiger partial charge in [0.1, 0.15) is 0 Å². The maximum Gasteiger partial charge on any atom is 0.0911 e. The molecule has 0 aliphatic carbocycles. The molecule has 1 fully saturated rings. The first-order chi connectivity index (χ1) is 6.21. The van der Waals surface area contributed by atoms with Crippen LogP contribution < -0.4 is 24.0 Å². The van der Waals surface area contributed by atoms with Gasteiger partial charge in [0.25, 0.3) is 0 Å². The minimum atomic E-state index is 0. The van der Waals surface area contributed by atoms with Crippen LogP contribution in [0.3, 0.4) is 0 Å². The number of halogens is 1. The van der Waals surface area contributed by atoms with E-state index in [-0.39, 0.29) is 24.0 Å². The van der Waals surface area contributed by atoms with Gasteiger partial charge in [-0.05, 0) is 60.8 Å². The number of hydrogen-bond acceptors (Lipinski definition) is 0. The molecule has 0 N–H and O–H groups in total. The molecule has 0 spiro atoms. The van der Waals surface area contributed by atoms with Crippen LogP contribution in [0, 0.1) is 0 Å². The molecule has 0 aromatic carbocycles. The predicted molar refractivity (Wildman–Crippen MR) is 63.4 cm³/mol. The van der Waals surface area contributed by atoms with E-state index >= 15 is 0 Å². The molecule has 15 heavy (non-hydrogen) atoms. The lowest BCUT2D eigenvalue weighted by Gasteiger charge is -2.58. The van der Waals surface area contributed by atoms with Crippen molar-refractivity contribution in [3.63, 3.8) is 0 Å². The second kappa shape index (κ2) is 4.91. The molecule has 1 nitrogen and oxygen atoms in total. The maximum atomic E-state index is 2.41. The molecule has 0 saturated carbocycles. The van der Waals surface area contributed by atoms with E-state index in [1.54, 1.807) is 0 Å². The molecule has 1 aliphatic heterocycles. The van der Waals surface area contributed by atoms with Crippen LogP contribution in [0.1, 0.15) is 60.8 Å². The van der Waals surface area contributed by atoms with Crippen molar-refractivity contribution in [3.8, 4) is 0 Å². The smallest absolute Gasteiger partial charge is 0.0911 e.